The van der Waals surface area contributed by atoms with Crippen molar-refractivity contribution in [1.29, 1.82) is 0 Å². The highest BCUT2D eigenvalue weighted by molar-refractivity contribution is 6.30. The van der Waals surface area contributed by atoms with E-state index in [0.29, 0.717) is 47.5 Å². The van der Waals surface area contributed by atoms with Crippen LogP contribution in [0.1, 0.15) is 10.4 Å². The van der Waals surface area contributed by atoms with Crippen molar-refractivity contribution < 1.29 is 23.7 Å². The normalized spacial score (nSPS) is 14.3. The van der Waals surface area contributed by atoms with Crippen molar-refractivity contribution in [3.8, 4) is 23.0 Å². The predicted octanol–water partition coefficient (Wildman–Crippen LogP) is 3.20. The lowest BCUT2D eigenvalue weighted by Gasteiger charge is -2.34. The monoisotopic (exact) mass is 434 g/mol. The first-order valence-corrected chi connectivity index (χ1v) is 10.1. The molecule has 1 saturated heterocycles. The maximum atomic E-state index is 13.0. The van der Waals surface area contributed by atoms with Crippen LogP contribution < -0.4 is 18.9 Å². The topological polar surface area (TPSA) is 60.5 Å². The molecule has 7 nitrogen and oxygen atoms in total. The van der Waals surface area contributed by atoms with Crippen LogP contribution in [-0.4, -0.2) is 76.4 Å². The number of carbonyl (C=O) groups is 1. The van der Waals surface area contributed by atoms with Crippen molar-refractivity contribution in [2.75, 3.05) is 60.7 Å². The van der Waals surface area contributed by atoms with Gasteiger partial charge in [-0.15, -0.1) is 0 Å². The summed E-state index contributed by atoms with van der Waals surface area (Å²) in [5.74, 6) is 2.17. The van der Waals surface area contributed by atoms with E-state index in [-0.39, 0.29) is 5.91 Å². The van der Waals surface area contributed by atoms with Crippen molar-refractivity contribution in [1.82, 2.24) is 9.80 Å². The second kappa shape index (κ2) is 10.4. The zero-order chi connectivity index (χ0) is 21.5. The number of hydrogen-bond donors (Lipinski definition) is 0. The Kier molecular flexibility index (Phi) is 7.65. The fourth-order valence-corrected chi connectivity index (χ4v) is 3.51. The molecule has 1 aliphatic heterocycles. The molecule has 0 bridgehead atoms. The molecule has 0 saturated carbocycles. The molecular formula is C22H27ClN2O5. The van der Waals surface area contributed by atoms with Gasteiger partial charge >= 0.3 is 0 Å². The summed E-state index contributed by atoms with van der Waals surface area (Å²) in [4.78, 5) is 17.1. The first-order chi connectivity index (χ1) is 14.5. The molecule has 2 aromatic rings. The number of hydrogen-bond acceptors (Lipinski definition) is 6. The Morgan fingerprint density at radius 1 is 0.933 bits per heavy atom. The van der Waals surface area contributed by atoms with Gasteiger partial charge in [-0.2, -0.15) is 0 Å². The van der Waals surface area contributed by atoms with Crippen LogP contribution in [0.15, 0.2) is 36.4 Å². The molecule has 0 aliphatic carbocycles. The summed E-state index contributed by atoms with van der Waals surface area (Å²) in [6, 6.07) is 10.7. The number of benzene rings is 2. The van der Waals surface area contributed by atoms with Crippen molar-refractivity contribution >= 4 is 17.5 Å². The van der Waals surface area contributed by atoms with E-state index in [0.717, 1.165) is 25.4 Å². The van der Waals surface area contributed by atoms with Crippen LogP contribution in [0.25, 0.3) is 0 Å². The average Bonchev–Trinajstić information content (AvgIpc) is 2.79. The molecule has 1 aliphatic rings. The molecule has 162 valence electrons. The molecule has 1 amide bonds. The van der Waals surface area contributed by atoms with Crippen molar-refractivity contribution in [2.45, 2.75) is 0 Å². The third-order valence-electron chi connectivity index (χ3n) is 5.06. The minimum atomic E-state index is -0.0497. The van der Waals surface area contributed by atoms with Crippen LogP contribution in [0.5, 0.6) is 23.0 Å². The van der Waals surface area contributed by atoms with Gasteiger partial charge in [0.25, 0.3) is 5.91 Å². The van der Waals surface area contributed by atoms with Crippen molar-refractivity contribution in [3.05, 3.63) is 47.0 Å². The number of carbonyl (C=O) groups excluding carboxylic acids is 1. The lowest BCUT2D eigenvalue weighted by atomic mass is 10.1. The largest absolute Gasteiger partial charge is 0.493 e. The predicted molar refractivity (Wildman–Crippen MR) is 115 cm³/mol. The van der Waals surface area contributed by atoms with Gasteiger partial charge < -0.3 is 23.8 Å². The Labute approximate surface area is 182 Å². The molecule has 0 N–H and O–H groups in total. The molecule has 30 heavy (non-hydrogen) atoms. The van der Waals surface area contributed by atoms with Gasteiger partial charge in [0.2, 0.25) is 5.75 Å². The van der Waals surface area contributed by atoms with Gasteiger partial charge in [-0.1, -0.05) is 11.6 Å². The minimum Gasteiger partial charge on any atom is -0.493 e. The first kappa shape index (κ1) is 22.1. The Balaban J connectivity index is 1.53. The second-order valence-electron chi connectivity index (χ2n) is 6.85. The summed E-state index contributed by atoms with van der Waals surface area (Å²) < 4.78 is 21.8. The quantitative estimate of drug-likeness (QED) is 0.636. The number of ether oxygens (including phenoxy) is 4. The Bertz CT molecular complexity index is 826. The van der Waals surface area contributed by atoms with Crippen LogP contribution in [0.4, 0.5) is 0 Å². The number of amides is 1. The highest BCUT2D eigenvalue weighted by atomic mass is 35.5. The summed E-state index contributed by atoms with van der Waals surface area (Å²) in [6.45, 7) is 4.27. The fraction of sp³-hybridized carbons (Fsp3) is 0.409. The second-order valence-corrected chi connectivity index (χ2v) is 7.29. The Morgan fingerprint density at radius 3 is 2.07 bits per heavy atom. The number of halogens is 1. The van der Waals surface area contributed by atoms with E-state index in [1.165, 1.54) is 21.3 Å². The zero-order valence-corrected chi connectivity index (χ0v) is 18.3. The van der Waals surface area contributed by atoms with E-state index in [1.807, 2.05) is 29.2 Å². The molecule has 0 unspecified atom stereocenters. The van der Waals surface area contributed by atoms with E-state index in [9.17, 15) is 4.79 Å². The van der Waals surface area contributed by atoms with Crippen LogP contribution in [-0.2, 0) is 0 Å². The van der Waals surface area contributed by atoms with Gasteiger partial charge in [-0.3, -0.25) is 9.69 Å². The van der Waals surface area contributed by atoms with Gasteiger partial charge in [-0.05, 0) is 36.4 Å². The number of piperazine rings is 1. The molecular weight excluding hydrogens is 408 g/mol. The highest BCUT2D eigenvalue weighted by Gasteiger charge is 2.24. The molecule has 3 rings (SSSR count). The van der Waals surface area contributed by atoms with Crippen LogP contribution in [0, 0.1) is 0 Å². The van der Waals surface area contributed by atoms with Crippen molar-refractivity contribution in [3.63, 3.8) is 0 Å². The molecule has 0 spiro atoms. The third-order valence-corrected chi connectivity index (χ3v) is 5.31. The summed E-state index contributed by atoms with van der Waals surface area (Å²) >= 11 is 5.88. The molecule has 1 fully saturated rings. The van der Waals surface area contributed by atoms with Crippen molar-refractivity contribution in [2.24, 2.45) is 0 Å². The summed E-state index contributed by atoms with van der Waals surface area (Å²) in [6.07, 6.45) is 0. The Morgan fingerprint density at radius 2 is 1.53 bits per heavy atom. The maximum absolute atomic E-state index is 13.0. The zero-order valence-electron chi connectivity index (χ0n) is 17.5. The molecule has 1 heterocycles. The van der Waals surface area contributed by atoms with E-state index in [2.05, 4.69) is 4.90 Å². The Hall–Kier alpha value is -2.64. The lowest BCUT2D eigenvalue weighted by molar-refractivity contribution is 0.0619. The smallest absolute Gasteiger partial charge is 0.254 e. The number of methoxy groups -OCH3 is 3. The molecule has 0 aromatic heterocycles. The van der Waals surface area contributed by atoms with Gasteiger partial charge in [-0.25, -0.2) is 0 Å². The number of nitrogens with zero attached hydrogens (tertiary/aromatic N) is 2. The van der Waals surface area contributed by atoms with Crippen LogP contribution >= 0.6 is 11.6 Å². The summed E-state index contributed by atoms with van der Waals surface area (Å²) in [5.41, 5.74) is 0.518. The highest BCUT2D eigenvalue weighted by Crippen LogP contribution is 2.38. The lowest BCUT2D eigenvalue weighted by Crippen LogP contribution is -2.49. The molecule has 0 atom stereocenters. The third kappa shape index (κ3) is 5.29. The standard InChI is InChI=1S/C22H27ClN2O5/c1-27-19-14-16(15-20(28-2)21(19)29-3)22(26)25-10-8-24(9-11-25)12-13-30-18-6-4-17(23)5-7-18/h4-7,14-15H,8-13H2,1-3H3. The van der Waals surface area contributed by atoms with Gasteiger partial charge in [0.15, 0.2) is 11.5 Å². The fourth-order valence-electron chi connectivity index (χ4n) is 3.39. The van der Waals surface area contributed by atoms with E-state index >= 15 is 0 Å². The molecule has 2 aromatic carbocycles. The molecule has 0 radical (unpaired) electrons. The van der Waals surface area contributed by atoms with Crippen LogP contribution in [0.2, 0.25) is 5.02 Å². The number of rotatable bonds is 8. The minimum absolute atomic E-state index is 0.0497. The van der Waals surface area contributed by atoms with E-state index in [4.69, 9.17) is 30.5 Å². The summed E-state index contributed by atoms with van der Waals surface area (Å²) in [7, 11) is 4.62. The molecule has 8 heteroatoms. The van der Waals surface area contributed by atoms with Gasteiger partial charge in [0.1, 0.15) is 12.4 Å². The van der Waals surface area contributed by atoms with Crippen LogP contribution in [0.3, 0.4) is 0 Å². The van der Waals surface area contributed by atoms with E-state index < -0.39 is 0 Å². The van der Waals surface area contributed by atoms with E-state index in [1.54, 1.807) is 12.1 Å². The first-order valence-electron chi connectivity index (χ1n) is 9.75. The average molecular weight is 435 g/mol. The van der Waals surface area contributed by atoms with Gasteiger partial charge in [0.05, 0.1) is 21.3 Å². The maximum Gasteiger partial charge on any atom is 0.254 e. The van der Waals surface area contributed by atoms with Gasteiger partial charge in [0, 0.05) is 43.3 Å². The summed E-state index contributed by atoms with van der Waals surface area (Å²) in [5, 5.41) is 0.690. The SMILES string of the molecule is COc1cc(C(=O)N2CCN(CCOc3ccc(Cl)cc3)CC2)cc(OC)c1OC.